The van der Waals surface area contributed by atoms with Gasteiger partial charge >= 0.3 is 0 Å². The highest BCUT2D eigenvalue weighted by atomic mass is 28.3. The summed E-state index contributed by atoms with van der Waals surface area (Å²) in [7, 11) is -1.22. The van der Waals surface area contributed by atoms with E-state index in [1.54, 1.807) is 11.1 Å². The molecule has 1 aromatic carbocycles. The van der Waals surface area contributed by atoms with Gasteiger partial charge in [-0.05, 0) is 34.5 Å². The molecule has 0 nitrogen and oxygen atoms in total. The van der Waals surface area contributed by atoms with Crippen LogP contribution in [0.1, 0.15) is 43.9 Å². The molecule has 0 amide bonds. The van der Waals surface area contributed by atoms with Gasteiger partial charge in [0.15, 0.2) is 0 Å². The monoisotopic (exact) mass is 232 g/mol. The molecular weight excluding hydrogens is 208 g/mol. The molecule has 0 N–H and O–H groups in total. The van der Waals surface area contributed by atoms with Crippen molar-refractivity contribution in [2.45, 2.75) is 57.3 Å². The molecule has 0 radical (unpaired) electrons. The summed E-state index contributed by atoms with van der Waals surface area (Å²) < 4.78 is 0. The zero-order chi connectivity index (χ0) is 12.0. The molecule has 0 saturated carbocycles. The molecule has 1 aliphatic rings. The van der Waals surface area contributed by atoms with E-state index in [1.165, 1.54) is 12.8 Å². The van der Waals surface area contributed by atoms with E-state index in [1.807, 2.05) is 0 Å². The lowest BCUT2D eigenvalue weighted by Gasteiger charge is -2.42. The normalized spacial score (nSPS) is 20.9. The highest BCUT2D eigenvalue weighted by Gasteiger charge is 2.44. The first-order valence-corrected chi connectivity index (χ1v) is 9.49. The lowest BCUT2D eigenvalue weighted by Crippen LogP contribution is -2.43. The average molecular weight is 232 g/mol. The van der Waals surface area contributed by atoms with Gasteiger partial charge in [0.05, 0.1) is 8.07 Å². The van der Waals surface area contributed by atoms with E-state index < -0.39 is 8.07 Å². The third-order valence-electron chi connectivity index (χ3n) is 4.94. The van der Waals surface area contributed by atoms with Crippen LogP contribution in [0.4, 0.5) is 0 Å². The molecule has 0 saturated heterocycles. The van der Waals surface area contributed by atoms with E-state index >= 15 is 0 Å². The highest BCUT2D eigenvalue weighted by Crippen LogP contribution is 2.49. The van der Waals surface area contributed by atoms with E-state index in [0.29, 0.717) is 5.04 Å². The molecule has 1 atom stereocenters. The van der Waals surface area contributed by atoms with Crippen LogP contribution < -0.4 is 0 Å². The zero-order valence-corrected chi connectivity index (χ0v) is 12.3. The molecule has 16 heavy (non-hydrogen) atoms. The van der Waals surface area contributed by atoms with Crippen molar-refractivity contribution in [3.8, 4) is 0 Å². The first kappa shape index (κ1) is 11.9. The minimum Gasteiger partial charge on any atom is -0.0685 e. The van der Waals surface area contributed by atoms with Crippen molar-refractivity contribution in [3.63, 3.8) is 0 Å². The van der Waals surface area contributed by atoms with E-state index in [9.17, 15) is 0 Å². The van der Waals surface area contributed by atoms with Gasteiger partial charge in [0.2, 0.25) is 0 Å². The summed E-state index contributed by atoms with van der Waals surface area (Å²) in [6, 6.07) is 9.09. The number of hydrogen-bond acceptors (Lipinski definition) is 0. The number of rotatable bonds is 1. The van der Waals surface area contributed by atoms with Crippen molar-refractivity contribution < 1.29 is 0 Å². The minimum atomic E-state index is -1.22. The first-order valence-electron chi connectivity index (χ1n) is 6.42. The summed E-state index contributed by atoms with van der Waals surface area (Å²) in [4.78, 5) is 0. The minimum absolute atomic E-state index is 0.495. The maximum atomic E-state index is 2.57. The quantitative estimate of drug-likeness (QED) is 0.612. The van der Waals surface area contributed by atoms with Crippen LogP contribution in [0.15, 0.2) is 24.3 Å². The van der Waals surface area contributed by atoms with Crippen molar-refractivity contribution in [1.82, 2.24) is 0 Å². The second kappa shape index (κ2) is 3.73. The Morgan fingerprint density at radius 2 is 1.75 bits per heavy atom. The summed E-state index contributed by atoms with van der Waals surface area (Å²) >= 11 is 0. The van der Waals surface area contributed by atoms with Gasteiger partial charge in [0, 0.05) is 0 Å². The molecule has 0 spiro atoms. The van der Waals surface area contributed by atoms with Gasteiger partial charge < -0.3 is 0 Å². The third-order valence-corrected chi connectivity index (χ3v) is 11.1. The molecule has 1 unspecified atom stereocenters. The average Bonchev–Trinajstić information content (AvgIpc) is 2.59. The largest absolute Gasteiger partial charge is 0.0685 e. The number of fused-ring (bicyclic) bond motifs is 1. The van der Waals surface area contributed by atoms with Crippen molar-refractivity contribution in [2.75, 3.05) is 0 Å². The van der Waals surface area contributed by atoms with E-state index in [4.69, 9.17) is 0 Å². The van der Waals surface area contributed by atoms with Crippen LogP contribution in [0, 0.1) is 0 Å². The van der Waals surface area contributed by atoms with Crippen LogP contribution in [-0.4, -0.2) is 8.07 Å². The predicted octanol–water partition coefficient (Wildman–Crippen LogP) is 4.76. The van der Waals surface area contributed by atoms with Crippen LogP contribution >= 0.6 is 0 Å². The van der Waals surface area contributed by atoms with Gasteiger partial charge in [0.1, 0.15) is 0 Å². The molecule has 0 aromatic heterocycles. The Kier molecular flexibility index (Phi) is 2.78. The molecule has 1 heteroatoms. The molecule has 0 heterocycles. The van der Waals surface area contributed by atoms with Crippen LogP contribution in [0.3, 0.4) is 0 Å². The molecule has 0 fully saturated rings. The fourth-order valence-corrected chi connectivity index (χ4v) is 5.80. The zero-order valence-electron chi connectivity index (χ0n) is 11.3. The molecule has 0 aliphatic heterocycles. The Morgan fingerprint density at radius 1 is 1.12 bits per heavy atom. The van der Waals surface area contributed by atoms with Crippen molar-refractivity contribution in [2.24, 2.45) is 0 Å². The fourth-order valence-electron chi connectivity index (χ4n) is 2.83. The van der Waals surface area contributed by atoms with Crippen LogP contribution in [0.5, 0.6) is 0 Å². The fraction of sp³-hybridized carbons (Fsp3) is 0.600. The lowest BCUT2D eigenvalue weighted by atomic mass is 10.1. The van der Waals surface area contributed by atoms with Gasteiger partial charge in [-0.3, -0.25) is 0 Å². The second-order valence-electron chi connectivity index (χ2n) is 6.76. The van der Waals surface area contributed by atoms with E-state index in [-0.39, 0.29) is 0 Å². The lowest BCUT2D eigenvalue weighted by molar-refractivity contribution is 0.679. The topological polar surface area (TPSA) is 0 Å². The van der Waals surface area contributed by atoms with Crippen molar-refractivity contribution >= 4 is 8.07 Å². The Bertz CT molecular complexity index is 385. The maximum Gasteiger partial charge on any atom is 0.0605 e. The van der Waals surface area contributed by atoms with Crippen LogP contribution in [-0.2, 0) is 6.42 Å². The summed E-state index contributed by atoms with van der Waals surface area (Å²) in [5.74, 6) is 0. The number of aryl methyl sites for hydroxylation is 1. The standard InChI is InChI=1S/C15H24Si/c1-15(2,3)16(4,5)14-11-10-12-8-6-7-9-13(12)14/h6-9,14H,10-11H2,1-5H3. The smallest absolute Gasteiger partial charge is 0.0605 e. The molecular formula is C15H24Si. The van der Waals surface area contributed by atoms with E-state index in [2.05, 4.69) is 58.1 Å². The van der Waals surface area contributed by atoms with E-state index in [0.717, 1.165) is 5.54 Å². The maximum absolute atomic E-state index is 2.57. The summed E-state index contributed by atoms with van der Waals surface area (Å²) in [5, 5.41) is 0.495. The molecule has 1 aromatic rings. The summed E-state index contributed by atoms with van der Waals surface area (Å²) in [6.45, 7) is 12.4. The predicted molar refractivity (Wildman–Crippen MR) is 74.7 cm³/mol. The third kappa shape index (κ3) is 1.75. The van der Waals surface area contributed by atoms with Gasteiger partial charge in [-0.25, -0.2) is 0 Å². The SMILES string of the molecule is CC(C)(C)[Si](C)(C)C1CCc2ccccc21. The summed E-state index contributed by atoms with van der Waals surface area (Å²) in [6.07, 6.45) is 2.68. The Balaban J connectivity index is 2.39. The molecule has 2 rings (SSSR count). The van der Waals surface area contributed by atoms with Gasteiger partial charge in [0.25, 0.3) is 0 Å². The molecule has 1 aliphatic carbocycles. The second-order valence-corrected chi connectivity index (χ2v) is 12.4. The number of hydrogen-bond donors (Lipinski definition) is 0. The highest BCUT2D eigenvalue weighted by molar-refractivity contribution is 6.81. The first-order chi connectivity index (χ1) is 7.34. The van der Waals surface area contributed by atoms with Crippen molar-refractivity contribution in [1.29, 1.82) is 0 Å². The number of benzene rings is 1. The van der Waals surface area contributed by atoms with Crippen LogP contribution in [0.25, 0.3) is 0 Å². The molecule has 88 valence electrons. The summed E-state index contributed by atoms with van der Waals surface area (Å²) in [5.41, 5.74) is 4.13. The Morgan fingerprint density at radius 3 is 2.38 bits per heavy atom. The Hall–Kier alpha value is -0.563. The van der Waals surface area contributed by atoms with Gasteiger partial charge in [-0.2, -0.15) is 0 Å². The Labute approximate surface area is 101 Å². The van der Waals surface area contributed by atoms with Crippen LogP contribution in [0.2, 0.25) is 18.1 Å². The van der Waals surface area contributed by atoms with Gasteiger partial charge in [-0.15, -0.1) is 0 Å². The van der Waals surface area contributed by atoms with Gasteiger partial charge in [-0.1, -0.05) is 58.1 Å². The molecule has 0 bridgehead atoms. The van der Waals surface area contributed by atoms with Crippen molar-refractivity contribution in [3.05, 3.63) is 35.4 Å².